The average molecular weight is 410 g/mol. The van der Waals surface area contributed by atoms with Gasteiger partial charge in [-0.3, -0.25) is 10.3 Å². The highest BCUT2D eigenvalue weighted by Gasteiger charge is 2.37. The third-order valence-corrected chi connectivity index (χ3v) is 7.13. The van der Waals surface area contributed by atoms with Crippen molar-refractivity contribution in [1.29, 1.82) is 0 Å². The predicted octanol–water partition coefficient (Wildman–Crippen LogP) is 4.01. The standard InChI is InChI=1S/C23H31N5O2/c1-2-8-23(9-3-1)12-20(27-30-23)18-13-24-22-19(14-25-28(22)15-16-4-5-16)21(18)26-17-6-10-29-11-7-17/h12-14,16-17,27H,1-11,15H2,(H,24,26). The average Bonchev–Trinajstić information content (AvgIpc) is 3.38. The molecular formula is C23H31N5O2. The lowest BCUT2D eigenvalue weighted by molar-refractivity contribution is -0.0557. The Morgan fingerprint density at radius 3 is 2.73 bits per heavy atom. The Labute approximate surface area is 177 Å². The minimum Gasteiger partial charge on any atom is -0.381 e. The summed E-state index contributed by atoms with van der Waals surface area (Å²) in [7, 11) is 0. The monoisotopic (exact) mass is 409 g/mol. The number of pyridine rings is 1. The van der Waals surface area contributed by atoms with E-state index >= 15 is 0 Å². The number of ether oxygens (including phenoxy) is 1. The van der Waals surface area contributed by atoms with Crippen LogP contribution in [0.15, 0.2) is 18.5 Å². The maximum absolute atomic E-state index is 6.13. The summed E-state index contributed by atoms with van der Waals surface area (Å²) in [6.45, 7) is 2.60. The molecule has 6 rings (SSSR count). The van der Waals surface area contributed by atoms with Crippen LogP contribution in [0, 0.1) is 5.92 Å². The van der Waals surface area contributed by atoms with Gasteiger partial charge in [0.1, 0.15) is 5.60 Å². The molecular weight excluding hydrogens is 378 g/mol. The number of fused-ring (bicyclic) bond motifs is 1. The van der Waals surface area contributed by atoms with Crippen LogP contribution in [0.5, 0.6) is 0 Å². The van der Waals surface area contributed by atoms with Crippen molar-refractivity contribution in [3.8, 4) is 0 Å². The van der Waals surface area contributed by atoms with E-state index in [0.717, 1.165) is 79.3 Å². The largest absolute Gasteiger partial charge is 0.381 e. The van der Waals surface area contributed by atoms with Crippen molar-refractivity contribution < 1.29 is 9.57 Å². The molecule has 0 aromatic carbocycles. The van der Waals surface area contributed by atoms with Gasteiger partial charge in [0.2, 0.25) is 0 Å². The molecule has 0 amide bonds. The lowest BCUT2D eigenvalue weighted by Gasteiger charge is -2.29. The van der Waals surface area contributed by atoms with Crippen molar-refractivity contribution in [2.75, 3.05) is 18.5 Å². The van der Waals surface area contributed by atoms with E-state index in [2.05, 4.69) is 21.6 Å². The molecule has 4 heterocycles. The third-order valence-electron chi connectivity index (χ3n) is 7.13. The molecule has 3 fully saturated rings. The van der Waals surface area contributed by atoms with Crippen molar-refractivity contribution in [1.82, 2.24) is 20.2 Å². The maximum Gasteiger partial charge on any atom is 0.159 e. The van der Waals surface area contributed by atoms with E-state index in [-0.39, 0.29) is 5.60 Å². The SMILES string of the molecule is C1=C(c2cnc3c(cnn3CC3CC3)c2NC2CCOCC2)NOC12CCCCC2. The van der Waals surface area contributed by atoms with Gasteiger partial charge in [0.25, 0.3) is 0 Å². The lowest BCUT2D eigenvalue weighted by Crippen LogP contribution is -2.31. The molecule has 7 heteroatoms. The Hall–Kier alpha value is -2.12. The summed E-state index contributed by atoms with van der Waals surface area (Å²) < 4.78 is 7.66. The topological polar surface area (TPSA) is 73.2 Å². The number of hydroxylamine groups is 1. The zero-order valence-electron chi connectivity index (χ0n) is 17.5. The Bertz CT molecular complexity index is 952. The number of anilines is 1. The zero-order chi connectivity index (χ0) is 20.0. The van der Waals surface area contributed by atoms with Crippen molar-refractivity contribution in [3.63, 3.8) is 0 Å². The first-order valence-electron chi connectivity index (χ1n) is 11.7. The molecule has 1 saturated heterocycles. The molecule has 0 atom stereocenters. The second-order valence-electron chi connectivity index (χ2n) is 9.47. The Kier molecular flexibility index (Phi) is 4.68. The molecule has 2 aliphatic carbocycles. The number of rotatable bonds is 5. The summed E-state index contributed by atoms with van der Waals surface area (Å²) in [5, 5.41) is 9.64. The summed E-state index contributed by atoms with van der Waals surface area (Å²) in [4.78, 5) is 11.0. The number of nitrogens with one attached hydrogen (secondary N) is 2. The first kappa shape index (κ1) is 18.6. The van der Waals surface area contributed by atoms with Gasteiger partial charge in [-0.2, -0.15) is 5.10 Å². The highest BCUT2D eigenvalue weighted by atomic mass is 16.7. The van der Waals surface area contributed by atoms with Crippen molar-refractivity contribution in [3.05, 3.63) is 24.0 Å². The van der Waals surface area contributed by atoms with Gasteiger partial charge in [0.05, 0.1) is 23.0 Å². The van der Waals surface area contributed by atoms with Crippen LogP contribution in [0.2, 0.25) is 0 Å². The molecule has 160 valence electrons. The van der Waals surface area contributed by atoms with E-state index < -0.39 is 0 Å². The molecule has 4 aliphatic rings. The van der Waals surface area contributed by atoms with Gasteiger partial charge in [-0.25, -0.2) is 9.67 Å². The van der Waals surface area contributed by atoms with Crippen LogP contribution in [0.4, 0.5) is 5.69 Å². The minimum absolute atomic E-state index is 0.158. The molecule has 7 nitrogen and oxygen atoms in total. The highest BCUT2D eigenvalue weighted by molar-refractivity contribution is 5.95. The molecule has 1 spiro atoms. The van der Waals surface area contributed by atoms with Crippen molar-refractivity contribution >= 4 is 22.4 Å². The van der Waals surface area contributed by atoms with E-state index in [4.69, 9.17) is 19.7 Å². The third kappa shape index (κ3) is 3.48. The zero-order valence-corrected chi connectivity index (χ0v) is 17.5. The summed E-state index contributed by atoms with van der Waals surface area (Å²) in [5.74, 6) is 0.764. The number of hydrogen-bond acceptors (Lipinski definition) is 6. The van der Waals surface area contributed by atoms with E-state index in [1.54, 1.807) is 0 Å². The fraction of sp³-hybridized carbons (Fsp3) is 0.652. The summed E-state index contributed by atoms with van der Waals surface area (Å²) >= 11 is 0. The van der Waals surface area contributed by atoms with Crippen LogP contribution in [0.25, 0.3) is 16.7 Å². The molecule has 2 saturated carbocycles. The van der Waals surface area contributed by atoms with Crippen LogP contribution in [0.3, 0.4) is 0 Å². The molecule has 2 aromatic heterocycles. The van der Waals surface area contributed by atoms with Crippen molar-refractivity contribution in [2.45, 2.75) is 76.0 Å². The van der Waals surface area contributed by atoms with Gasteiger partial charge < -0.3 is 10.1 Å². The molecule has 0 bridgehead atoms. The van der Waals surface area contributed by atoms with Gasteiger partial charge in [0, 0.05) is 37.6 Å². The predicted molar refractivity (Wildman–Crippen MR) is 116 cm³/mol. The first-order valence-corrected chi connectivity index (χ1v) is 11.7. The van der Waals surface area contributed by atoms with Gasteiger partial charge in [-0.05, 0) is 50.5 Å². The van der Waals surface area contributed by atoms with E-state index in [9.17, 15) is 0 Å². The highest BCUT2D eigenvalue weighted by Crippen LogP contribution is 2.41. The van der Waals surface area contributed by atoms with Gasteiger partial charge in [-0.1, -0.05) is 19.3 Å². The van der Waals surface area contributed by atoms with Gasteiger partial charge in [-0.15, -0.1) is 0 Å². The first-order chi connectivity index (χ1) is 14.8. The van der Waals surface area contributed by atoms with Crippen LogP contribution in [-0.4, -0.2) is 39.6 Å². The van der Waals surface area contributed by atoms with E-state index in [0.29, 0.717) is 6.04 Å². The van der Waals surface area contributed by atoms with Crippen molar-refractivity contribution in [2.24, 2.45) is 5.92 Å². The van der Waals surface area contributed by atoms with E-state index in [1.807, 2.05) is 12.4 Å². The molecule has 2 aliphatic heterocycles. The molecule has 0 unspecified atom stereocenters. The van der Waals surface area contributed by atoms with Crippen LogP contribution >= 0.6 is 0 Å². The number of nitrogens with zero attached hydrogens (tertiary/aromatic N) is 3. The van der Waals surface area contributed by atoms with Gasteiger partial charge in [0.15, 0.2) is 5.65 Å². The molecule has 0 radical (unpaired) electrons. The molecule has 2 N–H and O–H groups in total. The minimum atomic E-state index is -0.158. The fourth-order valence-electron chi connectivity index (χ4n) is 5.12. The normalized spacial score (nSPS) is 24.2. The molecule has 30 heavy (non-hydrogen) atoms. The number of aromatic nitrogens is 3. The summed E-state index contributed by atoms with van der Waals surface area (Å²) in [6, 6.07) is 0.404. The second-order valence-corrected chi connectivity index (χ2v) is 9.47. The van der Waals surface area contributed by atoms with Gasteiger partial charge >= 0.3 is 0 Å². The quantitative estimate of drug-likeness (QED) is 0.777. The fourth-order valence-corrected chi connectivity index (χ4v) is 5.12. The summed E-state index contributed by atoms with van der Waals surface area (Å²) in [6.07, 6.45) is 16.9. The smallest absolute Gasteiger partial charge is 0.159 e. The maximum atomic E-state index is 6.13. The second kappa shape index (κ2) is 7.54. The number of hydrogen-bond donors (Lipinski definition) is 2. The Morgan fingerprint density at radius 1 is 1.10 bits per heavy atom. The molecule has 2 aromatic rings. The Balaban J connectivity index is 1.39. The lowest BCUT2D eigenvalue weighted by atomic mass is 9.84. The van der Waals surface area contributed by atoms with Crippen LogP contribution < -0.4 is 10.8 Å². The van der Waals surface area contributed by atoms with Crippen LogP contribution in [0.1, 0.15) is 63.4 Å². The summed E-state index contributed by atoms with van der Waals surface area (Å²) in [5.41, 5.74) is 7.33. The van der Waals surface area contributed by atoms with E-state index in [1.165, 1.54) is 32.1 Å². The Morgan fingerprint density at radius 2 is 1.93 bits per heavy atom. The van der Waals surface area contributed by atoms with Crippen LogP contribution in [-0.2, 0) is 16.1 Å².